The van der Waals surface area contributed by atoms with Crippen LogP contribution in [-0.2, 0) is 6.42 Å². The van der Waals surface area contributed by atoms with Crippen molar-refractivity contribution < 1.29 is 9.47 Å². The molecule has 2 rings (SSSR count). The fraction of sp³-hybridized carbons (Fsp3) is 0.286. The monoisotopic (exact) mass is 312 g/mol. The molecule has 4 nitrogen and oxygen atoms in total. The second kappa shape index (κ2) is 6.95. The van der Waals surface area contributed by atoms with Crippen LogP contribution in [0.3, 0.4) is 0 Å². The molecule has 0 fully saturated rings. The summed E-state index contributed by atoms with van der Waals surface area (Å²) in [4.78, 5) is 1.16. The van der Waals surface area contributed by atoms with Gasteiger partial charge < -0.3 is 9.47 Å². The number of hydrogen-bond acceptors (Lipinski definition) is 5. The zero-order valence-electron chi connectivity index (χ0n) is 11.4. The minimum Gasteiger partial charge on any atom is -0.497 e. The molecule has 1 aromatic carbocycles. The highest BCUT2D eigenvalue weighted by molar-refractivity contribution is 7.16. The van der Waals surface area contributed by atoms with E-state index in [1.165, 1.54) is 0 Å². The fourth-order valence-corrected chi connectivity index (χ4v) is 3.16. The van der Waals surface area contributed by atoms with Gasteiger partial charge in [0, 0.05) is 22.9 Å². The molecule has 108 valence electrons. The number of hydrogen-bond donors (Lipinski definition) is 2. The zero-order chi connectivity index (χ0) is 14.5. The molecule has 1 heterocycles. The predicted molar refractivity (Wildman–Crippen MR) is 82.6 cm³/mol. The first kappa shape index (κ1) is 15.1. The third kappa shape index (κ3) is 3.43. The highest BCUT2D eigenvalue weighted by Crippen LogP contribution is 2.32. The minimum absolute atomic E-state index is 0.0504. The minimum atomic E-state index is -0.0504. The molecule has 0 bridgehead atoms. The summed E-state index contributed by atoms with van der Waals surface area (Å²) >= 11 is 7.51. The first-order valence-electron chi connectivity index (χ1n) is 6.10. The van der Waals surface area contributed by atoms with Crippen molar-refractivity contribution in [3.63, 3.8) is 0 Å². The van der Waals surface area contributed by atoms with Gasteiger partial charge in [-0.2, -0.15) is 0 Å². The topological polar surface area (TPSA) is 56.5 Å². The summed E-state index contributed by atoms with van der Waals surface area (Å²) in [6, 6.07) is 9.54. The molecule has 6 heteroatoms. The number of hydrazine groups is 1. The van der Waals surface area contributed by atoms with Gasteiger partial charge in [0.15, 0.2) is 0 Å². The molecule has 0 saturated heterocycles. The lowest BCUT2D eigenvalue weighted by molar-refractivity contribution is 0.384. The van der Waals surface area contributed by atoms with Gasteiger partial charge in [0.25, 0.3) is 0 Å². The van der Waals surface area contributed by atoms with E-state index in [9.17, 15) is 0 Å². The van der Waals surface area contributed by atoms with Crippen molar-refractivity contribution in [1.29, 1.82) is 0 Å². The van der Waals surface area contributed by atoms with Crippen LogP contribution in [0.4, 0.5) is 0 Å². The number of benzene rings is 1. The summed E-state index contributed by atoms with van der Waals surface area (Å²) in [5.41, 5.74) is 3.82. The second-order valence-corrected chi connectivity index (χ2v) is 6.04. The summed E-state index contributed by atoms with van der Waals surface area (Å²) in [6.45, 7) is 0. The van der Waals surface area contributed by atoms with Gasteiger partial charge in [0.1, 0.15) is 11.5 Å². The number of nitrogens with one attached hydrogen (secondary N) is 1. The smallest absolute Gasteiger partial charge is 0.127 e. The Morgan fingerprint density at radius 2 is 2.05 bits per heavy atom. The largest absolute Gasteiger partial charge is 0.497 e. The standard InChI is InChI=1S/C14H17ClN2O2S/c1-18-9-3-5-11(13(7-9)19-2)12(17-16)8-10-4-6-14(15)20-10/h3-7,12,17H,8,16H2,1-2H3. The number of nitrogens with two attached hydrogens (primary N) is 1. The maximum atomic E-state index is 5.96. The van der Waals surface area contributed by atoms with E-state index in [2.05, 4.69) is 5.43 Å². The Morgan fingerprint density at radius 3 is 2.60 bits per heavy atom. The van der Waals surface area contributed by atoms with Gasteiger partial charge in [0.05, 0.1) is 24.6 Å². The predicted octanol–water partition coefficient (Wildman–Crippen LogP) is 3.17. The van der Waals surface area contributed by atoms with E-state index in [-0.39, 0.29) is 6.04 Å². The van der Waals surface area contributed by atoms with Gasteiger partial charge in [-0.1, -0.05) is 17.7 Å². The number of thiophene rings is 1. The average molecular weight is 313 g/mol. The molecule has 2 aromatic rings. The van der Waals surface area contributed by atoms with Crippen LogP contribution in [0.2, 0.25) is 4.34 Å². The van der Waals surface area contributed by atoms with Crippen molar-refractivity contribution in [2.45, 2.75) is 12.5 Å². The molecular weight excluding hydrogens is 296 g/mol. The summed E-state index contributed by atoms with van der Waals surface area (Å²) in [5.74, 6) is 7.18. The van der Waals surface area contributed by atoms with Crippen molar-refractivity contribution in [2.75, 3.05) is 14.2 Å². The summed E-state index contributed by atoms with van der Waals surface area (Å²) in [7, 11) is 3.26. The van der Waals surface area contributed by atoms with E-state index in [4.69, 9.17) is 26.9 Å². The van der Waals surface area contributed by atoms with Gasteiger partial charge >= 0.3 is 0 Å². The van der Waals surface area contributed by atoms with Gasteiger partial charge in [-0.05, 0) is 18.2 Å². The third-order valence-electron chi connectivity index (χ3n) is 3.05. The van der Waals surface area contributed by atoms with Crippen molar-refractivity contribution in [1.82, 2.24) is 5.43 Å². The lowest BCUT2D eigenvalue weighted by Gasteiger charge is -2.19. The zero-order valence-corrected chi connectivity index (χ0v) is 12.9. The van der Waals surface area contributed by atoms with Crippen molar-refractivity contribution in [3.8, 4) is 11.5 Å². The molecule has 0 amide bonds. The van der Waals surface area contributed by atoms with Gasteiger partial charge in [0.2, 0.25) is 0 Å². The van der Waals surface area contributed by atoms with Crippen LogP contribution < -0.4 is 20.7 Å². The number of rotatable bonds is 6. The van der Waals surface area contributed by atoms with E-state index < -0.39 is 0 Å². The lowest BCUT2D eigenvalue weighted by Crippen LogP contribution is -2.29. The second-order valence-electron chi connectivity index (χ2n) is 4.24. The van der Waals surface area contributed by atoms with E-state index in [0.717, 1.165) is 32.7 Å². The fourth-order valence-electron chi connectivity index (χ4n) is 2.03. The summed E-state index contributed by atoms with van der Waals surface area (Å²) in [6.07, 6.45) is 0.747. The number of halogens is 1. The molecule has 1 aromatic heterocycles. The highest BCUT2D eigenvalue weighted by atomic mass is 35.5. The molecule has 0 aliphatic rings. The summed E-state index contributed by atoms with van der Waals surface area (Å²) < 4.78 is 11.4. The maximum Gasteiger partial charge on any atom is 0.127 e. The Labute approximate surface area is 127 Å². The van der Waals surface area contributed by atoms with E-state index in [0.29, 0.717) is 0 Å². The molecule has 1 atom stereocenters. The molecule has 3 N–H and O–H groups in total. The van der Waals surface area contributed by atoms with Crippen LogP contribution in [-0.4, -0.2) is 14.2 Å². The molecule has 0 saturated carbocycles. The first-order valence-corrected chi connectivity index (χ1v) is 7.29. The number of ether oxygens (including phenoxy) is 2. The quantitative estimate of drug-likeness (QED) is 0.635. The number of methoxy groups -OCH3 is 2. The van der Waals surface area contributed by atoms with Crippen LogP contribution in [0.1, 0.15) is 16.5 Å². The van der Waals surface area contributed by atoms with Gasteiger partial charge in [-0.25, -0.2) is 0 Å². The van der Waals surface area contributed by atoms with Crippen molar-refractivity contribution >= 4 is 22.9 Å². The Morgan fingerprint density at radius 1 is 1.25 bits per heavy atom. The molecular formula is C14H17ClN2O2S. The normalized spacial score (nSPS) is 12.2. The Hall–Kier alpha value is -1.27. The van der Waals surface area contributed by atoms with Gasteiger partial charge in [-0.3, -0.25) is 11.3 Å². The van der Waals surface area contributed by atoms with Crippen LogP contribution >= 0.6 is 22.9 Å². The van der Waals surface area contributed by atoms with E-state index in [1.54, 1.807) is 25.6 Å². The SMILES string of the molecule is COc1ccc(C(Cc2ccc(Cl)s2)NN)c(OC)c1. The van der Waals surface area contributed by atoms with E-state index in [1.807, 2.05) is 30.3 Å². The van der Waals surface area contributed by atoms with E-state index >= 15 is 0 Å². The van der Waals surface area contributed by atoms with Crippen LogP contribution in [0.25, 0.3) is 0 Å². The molecule has 0 radical (unpaired) electrons. The van der Waals surface area contributed by atoms with Crippen molar-refractivity contribution in [3.05, 3.63) is 45.1 Å². The summed E-state index contributed by atoms with van der Waals surface area (Å²) in [5, 5.41) is 0. The molecule has 0 aliphatic carbocycles. The van der Waals surface area contributed by atoms with Crippen LogP contribution in [0.15, 0.2) is 30.3 Å². The highest BCUT2D eigenvalue weighted by Gasteiger charge is 2.17. The Bertz CT molecular complexity index is 574. The average Bonchev–Trinajstić information content (AvgIpc) is 2.89. The lowest BCUT2D eigenvalue weighted by atomic mass is 10.0. The first-order chi connectivity index (χ1) is 9.67. The molecule has 20 heavy (non-hydrogen) atoms. The van der Waals surface area contributed by atoms with Crippen molar-refractivity contribution in [2.24, 2.45) is 5.84 Å². The maximum absolute atomic E-state index is 5.96. The Kier molecular flexibility index (Phi) is 5.25. The van der Waals surface area contributed by atoms with Crippen LogP contribution in [0.5, 0.6) is 11.5 Å². The third-order valence-corrected chi connectivity index (χ3v) is 4.30. The Balaban J connectivity index is 2.26. The molecule has 0 aliphatic heterocycles. The van der Waals surface area contributed by atoms with Crippen LogP contribution in [0, 0.1) is 0 Å². The molecule has 1 unspecified atom stereocenters. The molecule has 0 spiro atoms. The van der Waals surface area contributed by atoms with Gasteiger partial charge in [-0.15, -0.1) is 11.3 Å².